The maximum atomic E-state index is 5.53. The molecule has 14 heavy (non-hydrogen) atoms. The highest BCUT2D eigenvalue weighted by Gasteiger charge is 1.98. The average molecular weight is 196 g/mol. The van der Waals surface area contributed by atoms with Crippen LogP contribution in [-0.2, 0) is 6.54 Å². The van der Waals surface area contributed by atoms with Gasteiger partial charge in [0.1, 0.15) is 0 Å². The maximum Gasteiger partial charge on any atom is 0.0947 e. The second-order valence-electron chi connectivity index (χ2n) is 3.79. The van der Waals surface area contributed by atoms with Gasteiger partial charge in [-0.1, -0.05) is 6.92 Å². The maximum absolute atomic E-state index is 5.53. The molecule has 80 valence electrons. The largest absolute Gasteiger partial charge is 0.472 e. The predicted octanol–water partition coefficient (Wildman–Crippen LogP) is 1.74. The van der Waals surface area contributed by atoms with Gasteiger partial charge in [-0.25, -0.2) is 0 Å². The molecule has 0 bridgehead atoms. The molecule has 0 spiro atoms. The second kappa shape index (κ2) is 6.62. The van der Waals surface area contributed by atoms with Gasteiger partial charge >= 0.3 is 0 Å². The van der Waals surface area contributed by atoms with Gasteiger partial charge in [-0.3, -0.25) is 0 Å². The van der Waals surface area contributed by atoms with Gasteiger partial charge in [0.25, 0.3) is 0 Å². The summed E-state index contributed by atoms with van der Waals surface area (Å²) in [6.45, 7) is 4.93. The lowest BCUT2D eigenvalue weighted by Gasteiger charge is -2.07. The van der Waals surface area contributed by atoms with Gasteiger partial charge in [0.2, 0.25) is 0 Å². The lowest BCUT2D eigenvalue weighted by molar-refractivity contribution is 0.500. The highest BCUT2D eigenvalue weighted by Crippen LogP contribution is 2.02. The molecule has 3 heteroatoms. The minimum Gasteiger partial charge on any atom is -0.472 e. The second-order valence-corrected chi connectivity index (χ2v) is 3.79. The molecule has 1 aromatic heterocycles. The quantitative estimate of drug-likeness (QED) is 0.653. The lowest BCUT2D eigenvalue weighted by atomic mass is 10.1. The van der Waals surface area contributed by atoms with Crippen LogP contribution in [0.1, 0.15) is 25.3 Å². The van der Waals surface area contributed by atoms with Crippen molar-refractivity contribution in [3.63, 3.8) is 0 Å². The molecule has 0 aliphatic heterocycles. The summed E-state index contributed by atoms with van der Waals surface area (Å²) < 4.78 is 4.97. The molecule has 1 unspecified atom stereocenters. The molecule has 0 aliphatic rings. The summed E-state index contributed by atoms with van der Waals surface area (Å²) in [5.41, 5.74) is 6.74. The summed E-state index contributed by atoms with van der Waals surface area (Å²) in [6, 6.07) is 1.98. The van der Waals surface area contributed by atoms with E-state index in [9.17, 15) is 0 Å². The summed E-state index contributed by atoms with van der Waals surface area (Å²) in [5, 5.41) is 3.37. The van der Waals surface area contributed by atoms with Crippen LogP contribution in [-0.4, -0.2) is 13.1 Å². The zero-order valence-electron chi connectivity index (χ0n) is 8.83. The van der Waals surface area contributed by atoms with Crippen molar-refractivity contribution in [3.05, 3.63) is 24.2 Å². The van der Waals surface area contributed by atoms with Crippen LogP contribution in [0, 0.1) is 5.92 Å². The van der Waals surface area contributed by atoms with Crippen LogP contribution in [0.3, 0.4) is 0 Å². The molecule has 0 saturated carbocycles. The molecule has 3 nitrogen and oxygen atoms in total. The van der Waals surface area contributed by atoms with E-state index in [4.69, 9.17) is 10.2 Å². The molecule has 1 atom stereocenters. The molecule has 0 saturated heterocycles. The zero-order chi connectivity index (χ0) is 10.2. The van der Waals surface area contributed by atoms with Crippen LogP contribution in [0.2, 0.25) is 0 Å². The number of rotatable bonds is 7. The van der Waals surface area contributed by atoms with Crippen molar-refractivity contribution in [1.82, 2.24) is 5.32 Å². The van der Waals surface area contributed by atoms with Gasteiger partial charge in [0, 0.05) is 12.1 Å². The first-order chi connectivity index (χ1) is 6.83. The molecule has 3 N–H and O–H groups in total. The smallest absolute Gasteiger partial charge is 0.0947 e. The van der Waals surface area contributed by atoms with Crippen molar-refractivity contribution >= 4 is 0 Å². The van der Waals surface area contributed by atoms with Gasteiger partial charge in [-0.15, -0.1) is 0 Å². The van der Waals surface area contributed by atoms with Gasteiger partial charge in [0.05, 0.1) is 12.5 Å². The normalized spacial score (nSPS) is 13.0. The third-order valence-electron chi connectivity index (χ3n) is 2.36. The van der Waals surface area contributed by atoms with Crippen molar-refractivity contribution < 1.29 is 4.42 Å². The van der Waals surface area contributed by atoms with E-state index in [0.717, 1.165) is 19.6 Å². The molecular formula is C11H20N2O. The number of nitrogens with two attached hydrogens (primary N) is 1. The molecule has 1 rings (SSSR count). The van der Waals surface area contributed by atoms with Crippen LogP contribution in [0.4, 0.5) is 0 Å². The average Bonchev–Trinajstić information content (AvgIpc) is 2.69. The summed E-state index contributed by atoms with van der Waals surface area (Å²) in [7, 11) is 0. The van der Waals surface area contributed by atoms with Crippen molar-refractivity contribution in [3.8, 4) is 0 Å². The predicted molar refractivity (Wildman–Crippen MR) is 57.9 cm³/mol. The van der Waals surface area contributed by atoms with E-state index in [1.807, 2.05) is 6.07 Å². The van der Waals surface area contributed by atoms with E-state index in [1.165, 1.54) is 18.4 Å². The highest BCUT2D eigenvalue weighted by atomic mass is 16.3. The molecule has 0 aromatic carbocycles. The van der Waals surface area contributed by atoms with Crippen molar-refractivity contribution in [1.29, 1.82) is 0 Å². The van der Waals surface area contributed by atoms with Gasteiger partial charge < -0.3 is 15.5 Å². The minimum absolute atomic E-state index is 0.644. The lowest BCUT2D eigenvalue weighted by Crippen LogP contribution is -2.17. The zero-order valence-corrected chi connectivity index (χ0v) is 8.83. The van der Waals surface area contributed by atoms with E-state index in [-0.39, 0.29) is 0 Å². The van der Waals surface area contributed by atoms with Crippen molar-refractivity contribution in [2.45, 2.75) is 26.3 Å². The Hall–Kier alpha value is -0.800. The Morgan fingerprint density at radius 1 is 1.57 bits per heavy atom. The van der Waals surface area contributed by atoms with Gasteiger partial charge in [-0.2, -0.15) is 0 Å². The first kappa shape index (κ1) is 11.3. The van der Waals surface area contributed by atoms with Crippen LogP contribution in [0.5, 0.6) is 0 Å². The first-order valence-corrected chi connectivity index (χ1v) is 5.24. The summed E-state index contributed by atoms with van der Waals surface area (Å²) in [6.07, 6.45) is 5.87. The third-order valence-corrected chi connectivity index (χ3v) is 2.36. The van der Waals surface area contributed by atoms with Crippen molar-refractivity contribution in [2.75, 3.05) is 13.1 Å². The van der Waals surface area contributed by atoms with E-state index >= 15 is 0 Å². The van der Waals surface area contributed by atoms with Crippen molar-refractivity contribution in [2.24, 2.45) is 11.7 Å². The summed E-state index contributed by atoms with van der Waals surface area (Å²) >= 11 is 0. The van der Waals surface area contributed by atoms with Gasteiger partial charge in [-0.05, 0) is 37.9 Å². The Kier molecular flexibility index (Phi) is 5.33. The van der Waals surface area contributed by atoms with Crippen LogP contribution in [0.25, 0.3) is 0 Å². The van der Waals surface area contributed by atoms with Crippen LogP contribution < -0.4 is 11.1 Å². The molecule has 1 heterocycles. The Morgan fingerprint density at radius 3 is 3.07 bits per heavy atom. The summed E-state index contributed by atoms with van der Waals surface area (Å²) in [5.74, 6) is 0.644. The fourth-order valence-electron chi connectivity index (χ4n) is 1.32. The Balaban J connectivity index is 1.95. The van der Waals surface area contributed by atoms with E-state index in [0.29, 0.717) is 5.92 Å². The Morgan fingerprint density at radius 2 is 2.43 bits per heavy atom. The SMILES string of the molecule is CC(CN)CCCNCc1ccoc1. The number of hydrogen-bond donors (Lipinski definition) is 2. The van der Waals surface area contributed by atoms with E-state index < -0.39 is 0 Å². The standard InChI is InChI=1S/C11H20N2O/c1-10(7-12)3-2-5-13-8-11-4-6-14-9-11/h4,6,9-10,13H,2-3,5,7-8,12H2,1H3. The molecule has 0 radical (unpaired) electrons. The van der Waals surface area contributed by atoms with E-state index in [2.05, 4.69) is 12.2 Å². The first-order valence-electron chi connectivity index (χ1n) is 5.24. The minimum atomic E-state index is 0.644. The fourth-order valence-corrected chi connectivity index (χ4v) is 1.32. The number of furan rings is 1. The monoisotopic (exact) mass is 196 g/mol. The Labute approximate surface area is 85.7 Å². The molecule has 0 amide bonds. The molecular weight excluding hydrogens is 176 g/mol. The Bertz CT molecular complexity index is 221. The highest BCUT2D eigenvalue weighted by molar-refractivity contribution is 5.04. The summed E-state index contributed by atoms with van der Waals surface area (Å²) in [4.78, 5) is 0. The van der Waals surface area contributed by atoms with Crippen LogP contribution in [0.15, 0.2) is 23.0 Å². The molecule has 1 aromatic rings. The third kappa shape index (κ3) is 4.44. The fraction of sp³-hybridized carbons (Fsp3) is 0.636. The number of hydrogen-bond acceptors (Lipinski definition) is 3. The van der Waals surface area contributed by atoms with Crippen LogP contribution >= 0.6 is 0 Å². The topological polar surface area (TPSA) is 51.2 Å². The molecule has 0 fully saturated rings. The number of nitrogens with one attached hydrogen (secondary N) is 1. The molecule has 0 aliphatic carbocycles. The van der Waals surface area contributed by atoms with E-state index in [1.54, 1.807) is 12.5 Å². The van der Waals surface area contributed by atoms with Gasteiger partial charge in [0.15, 0.2) is 0 Å².